The molecule has 0 fully saturated rings. The topological polar surface area (TPSA) is 81.4 Å². The first-order valence-electron chi connectivity index (χ1n) is 5.75. The predicted molar refractivity (Wildman–Crippen MR) is 73.5 cm³/mol. The fourth-order valence-corrected chi connectivity index (χ4v) is 2.63. The summed E-state index contributed by atoms with van der Waals surface area (Å²) >= 11 is 1.19. The molecular weight excluding hydrogens is 252 g/mol. The van der Waals surface area contributed by atoms with Gasteiger partial charge in [0.25, 0.3) is 0 Å². The van der Waals surface area contributed by atoms with Gasteiger partial charge >= 0.3 is 5.97 Å². The first-order chi connectivity index (χ1) is 8.38. The third kappa shape index (κ3) is 3.01. The summed E-state index contributed by atoms with van der Waals surface area (Å²) in [7, 11) is 0. The van der Waals surface area contributed by atoms with Crippen molar-refractivity contribution in [2.24, 2.45) is 0 Å². The van der Waals surface area contributed by atoms with E-state index in [0.717, 1.165) is 0 Å². The average molecular weight is 270 g/mol. The second-order valence-corrected chi connectivity index (χ2v) is 5.15. The van der Waals surface area contributed by atoms with Crippen LogP contribution in [-0.2, 0) is 4.74 Å². The van der Waals surface area contributed by atoms with Crippen LogP contribution in [-0.4, -0.2) is 24.4 Å². The van der Waals surface area contributed by atoms with Crippen molar-refractivity contribution in [3.63, 3.8) is 0 Å². The maximum atomic E-state index is 11.9. The molecule has 0 atom stereocenters. The lowest BCUT2D eigenvalue weighted by Gasteiger charge is -2.10. The molecule has 18 heavy (non-hydrogen) atoms. The van der Waals surface area contributed by atoms with E-state index in [4.69, 9.17) is 10.5 Å². The average Bonchev–Trinajstić information content (AvgIpc) is 2.55. The van der Waals surface area contributed by atoms with Crippen molar-refractivity contribution in [2.45, 2.75) is 33.7 Å². The second-order valence-electron chi connectivity index (χ2n) is 4.12. The van der Waals surface area contributed by atoms with E-state index >= 15 is 0 Å². The number of ether oxygens (including phenoxy) is 1. The monoisotopic (exact) mass is 270 g/mol. The fraction of sp³-hybridized carbons (Fsp3) is 0.500. The van der Waals surface area contributed by atoms with Crippen molar-refractivity contribution in [2.75, 3.05) is 17.7 Å². The Balaban J connectivity index is 3.26. The number of thiophene rings is 1. The fourth-order valence-electron chi connectivity index (χ4n) is 1.48. The highest BCUT2D eigenvalue weighted by Crippen LogP contribution is 2.36. The van der Waals surface area contributed by atoms with Gasteiger partial charge in [0.2, 0.25) is 0 Å². The number of carbonyl (C=O) groups is 2. The molecule has 0 bridgehead atoms. The van der Waals surface area contributed by atoms with Gasteiger partial charge in [0.05, 0.1) is 17.2 Å². The first-order valence-corrected chi connectivity index (χ1v) is 6.56. The number of esters is 1. The number of hydrogen-bond acceptors (Lipinski definition) is 6. The Morgan fingerprint density at radius 1 is 1.44 bits per heavy atom. The zero-order chi connectivity index (χ0) is 13.9. The van der Waals surface area contributed by atoms with E-state index in [0.29, 0.717) is 9.88 Å². The van der Waals surface area contributed by atoms with Crippen LogP contribution in [0, 0.1) is 0 Å². The number of anilines is 2. The van der Waals surface area contributed by atoms with Crippen molar-refractivity contribution in [3.05, 3.63) is 10.4 Å². The van der Waals surface area contributed by atoms with E-state index < -0.39 is 5.97 Å². The van der Waals surface area contributed by atoms with Gasteiger partial charge in [0.1, 0.15) is 10.6 Å². The number of nitrogen functional groups attached to an aromatic ring is 1. The molecule has 0 aliphatic carbocycles. The van der Waals surface area contributed by atoms with Gasteiger partial charge in [-0.2, -0.15) is 0 Å². The molecule has 0 spiro atoms. The molecule has 5 nitrogen and oxygen atoms in total. The molecule has 0 amide bonds. The van der Waals surface area contributed by atoms with Crippen LogP contribution in [0.25, 0.3) is 0 Å². The summed E-state index contributed by atoms with van der Waals surface area (Å²) in [5, 5.41) is 3.70. The van der Waals surface area contributed by atoms with E-state index in [9.17, 15) is 9.59 Å². The molecule has 1 rings (SSSR count). The van der Waals surface area contributed by atoms with Gasteiger partial charge < -0.3 is 15.8 Å². The first kappa shape index (κ1) is 14.5. The third-order valence-electron chi connectivity index (χ3n) is 2.16. The lowest BCUT2D eigenvalue weighted by molar-refractivity contribution is 0.0529. The van der Waals surface area contributed by atoms with E-state index in [-0.39, 0.29) is 29.7 Å². The lowest BCUT2D eigenvalue weighted by atomic mass is 10.2. The minimum atomic E-state index is -0.498. The SMILES string of the molecule is CCOC(=O)c1c(NC(C)C)sc(C(C)=O)c1N. The van der Waals surface area contributed by atoms with Crippen LogP contribution in [0.15, 0.2) is 0 Å². The van der Waals surface area contributed by atoms with Crippen LogP contribution in [0.2, 0.25) is 0 Å². The summed E-state index contributed by atoms with van der Waals surface area (Å²) in [6, 6.07) is 0.135. The standard InChI is InChI=1S/C12H18N2O3S/c1-5-17-12(16)8-9(13)10(7(4)15)18-11(8)14-6(2)3/h6,14H,5,13H2,1-4H3. The van der Waals surface area contributed by atoms with E-state index in [1.807, 2.05) is 13.8 Å². The number of ketones is 1. The molecule has 1 heterocycles. The minimum absolute atomic E-state index is 0.135. The number of Topliss-reactive ketones (excluding diaryl/α,β-unsaturated/α-hetero) is 1. The molecule has 0 unspecified atom stereocenters. The molecule has 0 saturated heterocycles. The largest absolute Gasteiger partial charge is 0.462 e. The van der Waals surface area contributed by atoms with Crippen LogP contribution < -0.4 is 11.1 Å². The van der Waals surface area contributed by atoms with Gasteiger partial charge in [0, 0.05) is 13.0 Å². The number of carbonyl (C=O) groups excluding carboxylic acids is 2. The van der Waals surface area contributed by atoms with Crippen molar-refractivity contribution in [3.8, 4) is 0 Å². The third-order valence-corrected chi connectivity index (χ3v) is 3.40. The van der Waals surface area contributed by atoms with Crippen molar-refractivity contribution >= 4 is 33.8 Å². The molecule has 3 N–H and O–H groups in total. The molecule has 0 aliphatic rings. The van der Waals surface area contributed by atoms with E-state index in [1.54, 1.807) is 6.92 Å². The summed E-state index contributed by atoms with van der Waals surface area (Å²) in [5.74, 6) is -0.651. The molecule has 0 aliphatic heterocycles. The molecule has 100 valence electrons. The highest BCUT2D eigenvalue weighted by molar-refractivity contribution is 7.19. The Morgan fingerprint density at radius 2 is 2.06 bits per heavy atom. The lowest BCUT2D eigenvalue weighted by Crippen LogP contribution is -2.14. The summed E-state index contributed by atoms with van der Waals surface area (Å²) in [4.78, 5) is 23.7. The van der Waals surface area contributed by atoms with E-state index in [1.165, 1.54) is 18.3 Å². The van der Waals surface area contributed by atoms with Crippen LogP contribution >= 0.6 is 11.3 Å². The van der Waals surface area contributed by atoms with Gasteiger partial charge in [-0.05, 0) is 20.8 Å². The van der Waals surface area contributed by atoms with Crippen LogP contribution in [0.4, 0.5) is 10.7 Å². The van der Waals surface area contributed by atoms with Crippen molar-refractivity contribution in [1.82, 2.24) is 0 Å². The summed E-state index contributed by atoms with van der Waals surface area (Å²) in [6.45, 7) is 7.30. The molecule has 1 aromatic rings. The Labute approximate surface area is 110 Å². The zero-order valence-electron chi connectivity index (χ0n) is 11.0. The van der Waals surface area contributed by atoms with Crippen LogP contribution in [0.3, 0.4) is 0 Å². The number of rotatable bonds is 5. The van der Waals surface area contributed by atoms with Crippen LogP contribution in [0.5, 0.6) is 0 Å². The van der Waals surface area contributed by atoms with Crippen molar-refractivity contribution < 1.29 is 14.3 Å². The molecule has 0 saturated carbocycles. The van der Waals surface area contributed by atoms with E-state index in [2.05, 4.69) is 5.32 Å². The quantitative estimate of drug-likeness (QED) is 0.634. The highest BCUT2D eigenvalue weighted by Gasteiger charge is 2.25. The summed E-state index contributed by atoms with van der Waals surface area (Å²) in [5.41, 5.74) is 6.33. The molecular formula is C12H18N2O3S. The number of nitrogens with one attached hydrogen (secondary N) is 1. The van der Waals surface area contributed by atoms with Crippen molar-refractivity contribution in [1.29, 1.82) is 0 Å². The minimum Gasteiger partial charge on any atom is -0.462 e. The summed E-state index contributed by atoms with van der Waals surface area (Å²) in [6.07, 6.45) is 0. The maximum Gasteiger partial charge on any atom is 0.343 e. The maximum absolute atomic E-state index is 11.9. The Morgan fingerprint density at radius 3 is 2.50 bits per heavy atom. The van der Waals surface area contributed by atoms with Gasteiger partial charge in [-0.15, -0.1) is 11.3 Å². The normalized spacial score (nSPS) is 10.5. The summed E-state index contributed by atoms with van der Waals surface area (Å²) < 4.78 is 4.96. The van der Waals surface area contributed by atoms with Gasteiger partial charge in [-0.25, -0.2) is 4.79 Å². The second kappa shape index (κ2) is 5.86. The van der Waals surface area contributed by atoms with Gasteiger partial charge in [0.15, 0.2) is 5.78 Å². The Kier molecular flexibility index (Phi) is 4.72. The highest BCUT2D eigenvalue weighted by atomic mass is 32.1. The van der Waals surface area contributed by atoms with Gasteiger partial charge in [-0.3, -0.25) is 4.79 Å². The van der Waals surface area contributed by atoms with Crippen LogP contribution in [0.1, 0.15) is 47.7 Å². The smallest absolute Gasteiger partial charge is 0.343 e. The molecule has 0 radical (unpaired) electrons. The Hall–Kier alpha value is -1.56. The predicted octanol–water partition coefficient (Wildman–Crippen LogP) is 2.53. The Bertz CT molecular complexity index is 466. The number of hydrogen-bond donors (Lipinski definition) is 2. The molecule has 6 heteroatoms. The number of nitrogens with two attached hydrogens (primary N) is 1. The zero-order valence-corrected chi connectivity index (χ0v) is 11.8. The van der Waals surface area contributed by atoms with Gasteiger partial charge in [-0.1, -0.05) is 0 Å². The molecule has 0 aromatic carbocycles. The molecule has 1 aromatic heterocycles.